The number of allylic oxidation sites excluding steroid dienone is 5. The van der Waals surface area contributed by atoms with E-state index < -0.39 is 25.8 Å². The minimum absolute atomic E-state index is 0. The molecule has 2 aliphatic rings. The first-order chi connectivity index (χ1) is 15.3. The Kier molecular flexibility index (Phi) is 10.1. The van der Waals surface area contributed by atoms with Crippen LogP contribution in [0.15, 0.2) is 68.5 Å². The molecule has 182 valence electrons. The second-order valence-corrected chi connectivity index (χ2v) is 26.6. The molecule has 0 aliphatic heterocycles. The van der Waals surface area contributed by atoms with Crippen LogP contribution >= 0.6 is 24.8 Å². The summed E-state index contributed by atoms with van der Waals surface area (Å²) in [6.45, 7) is 14.6. The van der Waals surface area contributed by atoms with E-state index in [1.54, 1.807) is 25.4 Å². The quantitative estimate of drug-likeness (QED) is 0.325. The molecule has 2 atom stereocenters. The van der Waals surface area contributed by atoms with Gasteiger partial charge in [0.2, 0.25) is 0 Å². The SMILES string of the molecule is COc1cccc(OC)c1C1=C[CH]([Zr]([C]2=C(C)C(C)=C(C)C2C)=[Si](C)C)c2ccccc21.Cl.Cl. The largest absolute Gasteiger partial charge is 0.147 e. The minimum atomic E-state index is -2.03. The Morgan fingerprint density at radius 1 is 0.824 bits per heavy atom. The van der Waals surface area contributed by atoms with Gasteiger partial charge in [0.1, 0.15) is 0 Å². The molecule has 0 bridgehead atoms. The van der Waals surface area contributed by atoms with Crippen LogP contribution in [0.4, 0.5) is 0 Å². The first-order valence-electron chi connectivity index (χ1n) is 11.4. The van der Waals surface area contributed by atoms with Crippen LogP contribution < -0.4 is 9.47 Å². The Bertz CT molecular complexity index is 1200. The molecule has 2 aromatic carbocycles. The molecule has 6 heteroatoms. The maximum Gasteiger partial charge on any atom is -0.147 e. The molecule has 0 saturated heterocycles. The van der Waals surface area contributed by atoms with Crippen molar-refractivity contribution in [2.45, 2.75) is 44.4 Å². The zero-order valence-electron chi connectivity index (χ0n) is 21.4. The van der Waals surface area contributed by atoms with Gasteiger partial charge in [-0.3, -0.25) is 0 Å². The van der Waals surface area contributed by atoms with Crippen LogP contribution in [0, 0.1) is 5.92 Å². The maximum absolute atomic E-state index is 5.81. The summed E-state index contributed by atoms with van der Waals surface area (Å²) in [7, 11) is 3.51. The molecule has 4 rings (SSSR count). The Morgan fingerprint density at radius 3 is 1.91 bits per heavy atom. The van der Waals surface area contributed by atoms with Crippen molar-refractivity contribution in [2.24, 2.45) is 5.92 Å². The topological polar surface area (TPSA) is 18.5 Å². The zero-order chi connectivity index (χ0) is 23.2. The Hall–Kier alpha value is -1.06. The molecule has 34 heavy (non-hydrogen) atoms. The van der Waals surface area contributed by atoms with Crippen molar-refractivity contribution in [1.29, 1.82) is 0 Å². The maximum atomic E-state index is 5.81. The number of ether oxygens (including phenoxy) is 2. The molecule has 0 radical (unpaired) electrons. The number of rotatable bonds is 5. The molecular weight excluding hydrogens is 559 g/mol. The molecule has 2 aliphatic carbocycles. The fraction of sp³-hybridized carbons (Fsp3) is 0.357. The van der Waals surface area contributed by atoms with Crippen LogP contribution in [0.1, 0.15) is 48.0 Å². The molecule has 0 spiro atoms. The third kappa shape index (κ3) is 4.81. The van der Waals surface area contributed by atoms with Gasteiger partial charge in [0.25, 0.3) is 0 Å². The minimum Gasteiger partial charge on any atom is -0.147 e. The van der Waals surface area contributed by atoms with Crippen LogP contribution in [0.3, 0.4) is 0 Å². The van der Waals surface area contributed by atoms with Crippen molar-refractivity contribution in [2.75, 3.05) is 14.2 Å². The third-order valence-corrected chi connectivity index (χ3v) is 26.0. The number of methoxy groups -OCH3 is 2. The summed E-state index contributed by atoms with van der Waals surface area (Å²) in [5.41, 5.74) is 9.55. The monoisotopic (exact) mass is 592 g/mol. The molecule has 0 saturated carbocycles. The number of benzene rings is 2. The van der Waals surface area contributed by atoms with Gasteiger partial charge in [0.05, 0.1) is 0 Å². The van der Waals surface area contributed by atoms with E-state index in [0.29, 0.717) is 9.54 Å². The van der Waals surface area contributed by atoms with Gasteiger partial charge in [-0.15, -0.1) is 24.8 Å². The van der Waals surface area contributed by atoms with Gasteiger partial charge in [0, 0.05) is 0 Å². The van der Waals surface area contributed by atoms with Gasteiger partial charge >= 0.3 is 202 Å². The average molecular weight is 595 g/mol. The average Bonchev–Trinajstić information content (AvgIpc) is 3.26. The summed E-state index contributed by atoms with van der Waals surface area (Å²) >= 11 is -2.03. The number of hydrogen-bond donors (Lipinski definition) is 0. The first kappa shape index (κ1) is 29.2. The van der Waals surface area contributed by atoms with Crippen molar-refractivity contribution < 1.29 is 29.8 Å². The Labute approximate surface area is 225 Å². The van der Waals surface area contributed by atoms with E-state index in [1.165, 1.54) is 22.3 Å². The van der Waals surface area contributed by atoms with Crippen LogP contribution in [0.5, 0.6) is 11.5 Å². The van der Waals surface area contributed by atoms with Gasteiger partial charge in [-0.25, -0.2) is 0 Å². The summed E-state index contributed by atoms with van der Waals surface area (Å²) in [5.74, 6) is 2.37. The van der Waals surface area contributed by atoms with Gasteiger partial charge in [0.15, 0.2) is 0 Å². The summed E-state index contributed by atoms with van der Waals surface area (Å²) in [5, 5.41) is 0. The molecule has 0 heterocycles. The van der Waals surface area contributed by atoms with Crippen molar-refractivity contribution in [3.63, 3.8) is 0 Å². The molecule has 0 amide bonds. The van der Waals surface area contributed by atoms with Gasteiger partial charge < -0.3 is 0 Å². The molecule has 0 aromatic heterocycles. The van der Waals surface area contributed by atoms with Crippen LogP contribution in [-0.2, 0) is 20.4 Å². The van der Waals surface area contributed by atoms with Gasteiger partial charge in [-0.05, 0) is 0 Å². The molecule has 2 unspecified atom stereocenters. The summed E-state index contributed by atoms with van der Waals surface area (Å²) < 4.78 is 14.0. The number of hydrogen-bond acceptors (Lipinski definition) is 2. The van der Waals surface area contributed by atoms with Crippen molar-refractivity contribution in [3.05, 3.63) is 85.2 Å². The smallest absolute Gasteiger partial charge is 0.147 e. The van der Waals surface area contributed by atoms with Crippen LogP contribution in [0.25, 0.3) is 5.57 Å². The Balaban J connectivity index is 0.00000204. The van der Waals surface area contributed by atoms with Crippen LogP contribution in [0.2, 0.25) is 13.1 Å². The van der Waals surface area contributed by atoms with E-state index in [1.807, 2.05) is 21.5 Å². The summed E-state index contributed by atoms with van der Waals surface area (Å²) in [4.78, 5) is 0. The zero-order valence-corrected chi connectivity index (χ0v) is 26.5. The van der Waals surface area contributed by atoms with E-state index in [2.05, 4.69) is 71.1 Å². The molecule has 0 fully saturated rings. The normalized spacial score (nSPS) is 18.6. The van der Waals surface area contributed by atoms with E-state index in [-0.39, 0.29) is 24.8 Å². The standard InChI is InChI=1S/C17H15O2.C9H13.C2H6Si.2ClH.Zr/c1-18-15-8-5-9-16(19-2)17(15)14-11-10-12-6-3-4-7-13(12)14;1-6-5-7(2)9(4)8(6)3;1-3-2;;;/h3-11H,1-2H3;6H,1-4H3;1-2H3;2*1H;. The predicted octanol–water partition coefficient (Wildman–Crippen LogP) is 8.16. The fourth-order valence-electron chi connectivity index (χ4n) is 5.48. The second kappa shape index (κ2) is 11.8. The fourth-order valence-corrected chi connectivity index (χ4v) is 25.2. The van der Waals surface area contributed by atoms with E-state index in [4.69, 9.17) is 9.47 Å². The van der Waals surface area contributed by atoms with Crippen LogP contribution in [-0.4, -0.2) is 19.7 Å². The van der Waals surface area contributed by atoms with E-state index >= 15 is 0 Å². The molecule has 0 N–H and O–H groups in total. The molecule has 2 aromatic rings. The first-order valence-corrected chi connectivity index (χ1v) is 20.2. The van der Waals surface area contributed by atoms with Gasteiger partial charge in [-0.2, -0.15) is 0 Å². The summed E-state index contributed by atoms with van der Waals surface area (Å²) in [6.07, 6.45) is 2.59. The predicted molar refractivity (Wildman–Crippen MR) is 148 cm³/mol. The Morgan fingerprint density at radius 2 is 1.41 bits per heavy atom. The number of fused-ring (bicyclic) bond motifs is 1. The van der Waals surface area contributed by atoms with E-state index in [0.717, 1.165) is 17.1 Å². The summed E-state index contributed by atoms with van der Waals surface area (Å²) in [6, 6.07) is 15.2. The van der Waals surface area contributed by atoms with E-state index in [9.17, 15) is 0 Å². The molecular formula is C28H36Cl2O2SiZr. The van der Waals surface area contributed by atoms with Crippen molar-refractivity contribution in [1.82, 2.24) is 0 Å². The number of halogens is 2. The van der Waals surface area contributed by atoms with Gasteiger partial charge in [-0.1, -0.05) is 0 Å². The molecule has 2 nitrogen and oxygen atoms in total. The van der Waals surface area contributed by atoms with Crippen molar-refractivity contribution in [3.8, 4) is 11.5 Å². The van der Waals surface area contributed by atoms with Crippen molar-refractivity contribution >= 4 is 35.8 Å². The second-order valence-electron chi connectivity index (χ2n) is 9.16. The third-order valence-electron chi connectivity index (χ3n) is 7.40.